The van der Waals surface area contributed by atoms with Crippen molar-refractivity contribution in [2.45, 2.75) is 6.04 Å². The van der Waals surface area contributed by atoms with Gasteiger partial charge in [0.1, 0.15) is 17.3 Å². The molecule has 1 saturated heterocycles. The highest BCUT2D eigenvalue weighted by atomic mass is 35.5. The second-order valence-electron chi connectivity index (χ2n) is 7.58. The van der Waals surface area contributed by atoms with Crippen LogP contribution in [0.25, 0.3) is 5.76 Å². The van der Waals surface area contributed by atoms with Crippen molar-refractivity contribution in [1.82, 2.24) is 0 Å². The Hall–Kier alpha value is -4.04. The number of hydrogen-bond acceptors (Lipinski definition) is 6. The van der Waals surface area contributed by atoms with Crippen molar-refractivity contribution in [3.8, 4) is 17.2 Å². The van der Waals surface area contributed by atoms with Crippen molar-refractivity contribution >= 4 is 34.7 Å². The van der Waals surface area contributed by atoms with Gasteiger partial charge in [-0.25, -0.2) is 4.39 Å². The number of anilines is 1. The zero-order valence-electron chi connectivity index (χ0n) is 17.7. The summed E-state index contributed by atoms with van der Waals surface area (Å²) in [6.45, 7) is 0.0252. The summed E-state index contributed by atoms with van der Waals surface area (Å²) in [6, 6.07) is 13.6. The molecule has 1 N–H and O–H groups in total. The number of aliphatic hydroxyl groups excluding tert-OH is 1. The monoisotopic (exact) mass is 481 g/mol. The maximum atomic E-state index is 15.0. The Morgan fingerprint density at radius 2 is 1.85 bits per heavy atom. The van der Waals surface area contributed by atoms with Crippen molar-refractivity contribution < 1.29 is 33.3 Å². The SMILES string of the molecule is COc1ccc(N2C(=O)C(=O)/C(=C(/O)c3ccc4c(c3)OCO4)C2c2ccccc2F)cc1Cl. The Morgan fingerprint density at radius 1 is 1.09 bits per heavy atom. The number of Topliss-reactive ketones (excluding diaryl/α,β-unsaturated/α-hetero) is 1. The fourth-order valence-corrected chi connectivity index (χ4v) is 4.35. The minimum Gasteiger partial charge on any atom is -0.507 e. The van der Waals surface area contributed by atoms with Gasteiger partial charge in [0.25, 0.3) is 11.7 Å². The molecule has 0 aliphatic carbocycles. The molecule has 5 rings (SSSR count). The Balaban J connectivity index is 1.72. The van der Waals surface area contributed by atoms with Gasteiger partial charge < -0.3 is 19.3 Å². The normalized spacial score (nSPS) is 18.4. The van der Waals surface area contributed by atoms with E-state index in [1.165, 1.54) is 55.6 Å². The number of methoxy groups -OCH3 is 1. The van der Waals surface area contributed by atoms with E-state index in [1.807, 2.05) is 0 Å². The summed E-state index contributed by atoms with van der Waals surface area (Å²) in [5.74, 6) is -1.78. The highest BCUT2D eigenvalue weighted by Crippen LogP contribution is 2.45. The zero-order chi connectivity index (χ0) is 24.0. The molecule has 1 fully saturated rings. The van der Waals surface area contributed by atoms with Gasteiger partial charge in [0.2, 0.25) is 6.79 Å². The van der Waals surface area contributed by atoms with E-state index in [-0.39, 0.29) is 34.2 Å². The number of carbonyl (C=O) groups excluding carboxylic acids is 2. The smallest absolute Gasteiger partial charge is 0.300 e. The fraction of sp³-hybridized carbons (Fsp3) is 0.120. The van der Waals surface area contributed by atoms with Gasteiger partial charge in [-0.05, 0) is 42.5 Å². The number of hydrogen-bond donors (Lipinski definition) is 1. The van der Waals surface area contributed by atoms with Crippen LogP contribution < -0.4 is 19.1 Å². The number of nitrogens with zero attached hydrogens (tertiary/aromatic N) is 1. The number of rotatable bonds is 4. The lowest BCUT2D eigenvalue weighted by Crippen LogP contribution is -2.29. The van der Waals surface area contributed by atoms with Crippen LogP contribution in [-0.2, 0) is 9.59 Å². The third-order valence-electron chi connectivity index (χ3n) is 5.70. The van der Waals surface area contributed by atoms with Crippen molar-refractivity contribution in [3.05, 3.63) is 88.2 Å². The summed E-state index contributed by atoms with van der Waals surface area (Å²) in [5.41, 5.74) is 0.235. The van der Waals surface area contributed by atoms with Gasteiger partial charge in [-0.1, -0.05) is 29.8 Å². The van der Waals surface area contributed by atoms with Crippen molar-refractivity contribution in [2.75, 3.05) is 18.8 Å². The van der Waals surface area contributed by atoms with E-state index in [0.29, 0.717) is 17.2 Å². The topological polar surface area (TPSA) is 85.3 Å². The maximum Gasteiger partial charge on any atom is 0.300 e. The average molecular weight is 482 g/mol. The summed E-state index contributed by atoms with van der Waals surface area (Å²) in [6.07, 6.45) is 0. The number of ketones is 1. The Kier molecular flexibility index (Phi) is 5.37. The molecule has 2 aliphatic rings. The molecule has 9 heteroatoms. The number of benzene rings is 3. The van der Waals surface area contributed by atoms with E-state index in [4.69, 9.17) is 25.8 Å². The largest absolute Gasteiger partial charge is 0.507 e. The summed E-state index contributed by atoms with van der Waals surface area (Å²) in [5, 5.41) is 11.4. The second-order valence-corrected chi connectivity index (χ2v) is 7.98. The molecule has 1 unspecified atom stereocenters. The number of aliphatic hydroxyl groups is 1. The number of ether oxygens (including phenoxy) is 3. The first kappa shape index (κ1) is 21.8. The number of fused-ring (bicyclic) bond motifs is 1. The standard InChI is InChI=1S/C25H17ClFNO6/c1-32-18-9-7-14(11-16(18)26)28-22(15-4-2-3-5-17(15)27)21(24(30)25(28)31)23(29)13-6-8-19-20(10-13)34-12-33-19/h2-11,22,29H,12H2,1H3/b23-21+. The van der Waals surface area contributed by atoms with Crippen LogP contribution in [0.15, 0.2) is 66.2 Å². The molecule has 2 heterocycles. The van der Waals surface area contributed by atoms with E-state index in [9.17, 15) is 19.1 Å². The van der Waals surface area contributed by atoms with Gasteiger partial charge in [-0.2, -0.15) is 0 Å². The van der Waals surface area contributed by atoms with E-state index in [1.54, 1.807) is 12.1 Å². The number of halogens is 2. The van der Waals surface area contributed by atoms with Crippen LogP contribution in [0.1, 0.15) is 17.2 Å². The molecule has 3 aromatic rings. The summed E-state index contributed by atoms with van der Waals surface area (Å²) >= 11 is 6.26. The molecule has 0 aromatic heterocycles. The molecule has 0 radical (unpaired) electrons. The lowest BCUT2D eigenvalue weighted by Gasteiger charge is -2.26. The molecular formula is C25H17ClFNO6. The molecule has 0 bridgehead atoms. The molecule has 34 heavy (non-hydrogen) atoms. The first-order valence-electron chi connectivity index (χ1n) is 10.2. The summed E-state index contributed by atoms with van der Waals surface area (Å²) < 4.78 is 30.8. The molecule has 1 atom stereocenters. The van der Waals surface area contributed by atoms with Crippen LogP contribution in [0.3, 0.4) is 0 Å². The molecule has 0 spiro atoms. The molecule has 7 nitrogen and oxygen atoms in total. The highest BCUT2D eigenvalue weighted by Gasteiger charge is 2.48. The fourth-order valence-electron chi connectivity index (χ4n) is 4.09. The van der Waals surface area contributed by atoms with Crippen molar-refractivity contribution in [3.63, 3.8) is 0 Å². The van der Waals surface area contributed by atoms with Crippen LogP contribution in [0.4, 0.5) is 10.1 Å². The van der Waals surface area contributed by atoms with Crippen LogP contribution in [0.5, 0.6) is 17.2 Å². The van der Waals surface area contributed by atoms with Gasteiger partial charge in [-0.15, -0.1) is 0 Å². The summed E-state index contributed by atoms with van der Waals surface area (Å²) in [7, 11) is 1.44. The van der Waals surface area contributed by atoms with E-state index >= 15 is 0 Å². The van der Waals surface area contributed by atoms with Gasteiger partial charge in [0.05, 0.1) is 23.7 Å². The first-order valence-corrected chi connectivity index (χ1v) is 10.6. The van der Waals surface area contributed by atoms with E-state index in [2.05, 4.69) is 0 Å². The first-order chi connectivity index (χ1) is 16.4. The van der Waals surface area contributed by atoms with Crippen LogP contribution in [0.2, 0.25) is 5.02 Å². The molecule has 0 saturated carbocycles. The second kappa shape index (κ2) is 8.39. The minimum atomic E-state index is -1.24. The van der Waals surface area contributed by atoms with Gasteiger partial charge in [0.15, 0.2) is 11.5 Å². The molecular weight excluding hydrogens is 465 g/mol. The van der Waals surface area contributed by atoms with E-state index in [0.717, 1.165) is 4.90 Å². The predicted octanol–water partition coefficient (Wildman–Crippen LogP) is 4.84. The van der Waals surface area contributed by atoms with Crippen LogP contribution in [-0.4, -0.2) is 30.7 Å². The average Bonchev–Trinajstić information content (AvgIpc) is 3.41. The van der Waals surface area contributed by atoms with E-state index < -0.39 is 29.3 Å². The zero-order valence-corrected chi connectivity index (χ0v) is 18.5. The minimum absolute atomic E-state index is 0.0252. The third-order valence-corrected chi connectivity index (χ3v) is 6.00. The molecule has 172 valence electrons. The highest BCUT2D eigenvalue weighted by molar-refractivity contribution is 6.51. The van der Waals surface area contributed by atoms with Gasteiger partial charge in [-0.3, -0.25) is 14.5 Å². The lowest BCUT2D eigenvalue weighted by molar-refractivity contribution is -0.132. The van der Waals surface area contributed by atoms with Gasteiger partial charge in [0, 0.05) is 16.8 Å². The Bertz CT molecular complexity index is 1370. The molecule has 2 aliphatic heterocycles. The molecule has 3 aromatic carbocycles. The predicted molar refractivity (Wildman–Crippen MR) is 122 cm³/mol. The van der Waals surface area contributed by atoms with Crippen molar-refractivity contribution in [1.29, 1.82) is 0 Å². The van der Waals surface area contributed by atoms with Gasteiger partial charge >= 0.3 is 0 Å². The Labute approximate surface area is 198 Å². The third kappa shape index (κ3) is 3.43. The Morgan fingerprint density at radius 3 is 2.59 bits per heavy atom. The van der Waals surface area contributed by atoms with Crippen molar-refractivity contribution in [2.24, 2.45) is 0 Å². The lowest BCUT2D eigenvalue weighted by atomic mass is 9.94. The maximum absolute atomic E-state index is 15.0. The number of amides is 1. The molecule has 1 amide bonds. The number of carbonyl (C=O) groups is 2. The summed E-state index contributed by atoms with van der Waals surface area (Å²) in [4.78, 5) is 27.5. The van der Waals surface area contributed by atoms with Crippen LogP contribution >= 0.6 is 11.6 Å². The quantitative estimate of drug-likeness (QED) is 0.326. The van der Waals surface area contributed by atoms with Crippen LogP contribution in [0, 0.1) is 5.82 Å².